The first-order chi connectivity index (χ1) is 9.15. The number of rotatable bonds is 6. The number of benzene rings is 1. The summed E-state index contributed by atoms with van der Waals surface area (Å²) in [4.78, 5) is 11.6. The van der Waals surface area contributed by atoms with E-state index in [4.69, 9.17) is 0 Å². The van der Waals surface area contributed by atoms with E-state index in [0.29, 0.717) is 18.4 Å². The lowest BCUT2D eigenvalue weighted by molar-refractivity contribution is -0.121. The van der Waals surface area contributed by atoms with Gasteiger partial charge in [0.1, 0.15) is 0 Å². The highest BCUT2D eigenvalue weighted by molar-refractivity contribution is 5.76. The van der Waals surface area contributed by atoms with Crippen LogP contribution in [0.1, 0.15) is 31.4 Å². The first kappa shape index (κ1) is 14.1. The molecule has 0 saturated carbocycles. The van der Waals surface area contributed by atoms with Gasteiger partial charge in [-0.3, -0.25) is 4.79 Å². The maximum atomic E-state index is 11.6. The van der Waals surface area contributed by atoms with Crippen LogP contribution in [-0.4, -0.2) is 25.0 Å². The summed E-state index contributed by atoms with van der Waals surface area (Å²) in [6.45, 7) is 5.75. The number of hydrogen-bond donors (Lipinski definition) is 2. The van der Waals surface area contributed by atoms with Crippen LogP contribution in [-0.2, 0) is 17.6 Å². The number of amides is 1. The van der Waals surface area contributed by atoms with Crippen LogP contribution in [0, 0.1) is 5.92 Å². The van der Waals surface area contributed by atoms with E-state index in [1.165, 1.54) is 11.1 Å². The van der Waals surface area contributed by atoms with Gasteiger partial charge in [0.2, 0.25) is 5.91 Å². The van der Waals surface area contributed by atoms with Gasteiger partial charge in [-0.15, -0.1) is 0 Å². The second kappa shape index (κ2) is 6.71. The minimum Gasteiger partial charge on any atom is -0.356 e. The van der Waals surface area contributed by atoms with E-state index < -0.39 is 0 Å². The maximum Gasteiger partial charge on any atom is 0.221 e. The number of fused-ring (bicyclic) bond motifs is 1. The predicted octanol–water partition coefficient (Wildman–Crippen LogP) is 1.91. The molecule has 1 aliphatic carbocycles. The highest BCUT2D eigenvalue weighted by Gasteiger charge is 2.20. The third-order valence-corrected chi connectivity index (χ3v) is 3.54. The van der Waals surface area contributed by atoms with E-state index >= 15 is 0 Å². The van der Waals surface area contributed by atoms with Gasteiger partial charge in [0.25, 0.3) is 0 Å². The Kier molecular flexibility index (Phi) is 4.97. The van der Waals surface area contributed by atoms with Gasteiger partial charge < -0.3 is 10.6 Å². The Morgan fingerprint density at radius 3 is 2.47 bits per heavy atom. The molecule has 104 valence electrons. The lowest BCUT2D eigenvalue weighted by Crippen LogP contribution is -2.34. The Bertz CT molecular complexity index is 404. The van der Waals surface area contributed by atoms with Crippen molar-refractivity contribution < 1.29 is 4.79 Å². The molecule has 19 heavy (non-hydrogen) atoms. The molecule has 0 radical (unpaired) electrons. The predicted molar refractivity (Wildman–Crippen MR) is 78.1 cm³/mol. The summed E-state index contributed by atoms with van der Waals surface area (Å²) in [5.41, 5.74) is 2.90. The SMILES string of the molecule is CC(C)CNC(=O)CCNC1Cc2ccccc2C1. The van der Waals surface area contributed by atoms with Crippen LogP contribution in [0.2, 0.25) is 0 Å². The van der Waals surface area contributed by atoms with Crippen molar-refractivity contribution in [3.63, 3.8) is 0 Å². The Labute approximate surface area is 115 Å². The standard InChI is InChI=1S/C16H24N2O/c1-12(2)11-18-16(19)7-8-17-15-9-13-5-3-4-6-14(13)10-15/h3-6,12,15,17H,7-11H2,1-2H3,(H,18,19). The molecule has 0 unspecified atom stereocenters. The van der Waals surface area contributed by atoms with Crippen molar-refractivity contribution in [2.45, 2.75) is 39.2 Å². The summed E-state index contributed by atoms with van der Waals surface area (Å²) in [7, 11) is 0. The zero-order chi connectivity index (χ0) is 13.7. The van der Waals surface area contributed by atoms with Gasteiger partial charge >= 0.3 is 0 Å². The molecule has 0 atom stereocenters. The molecule has 3 heteroatoms. The Morgan fingerprint density at radius 1 is 1.26 bits per heavy atom. The Balaban J connectivity index is 1.64. The van der Waals surface area contributed by atoms with Crippen LogP contribution in [0.15, 0.2) is 24.3 Å². The van der Waals surface area contributed by atoms with E-state index in [0.717, 1.165) is 25.9 Å². The number of hydrogen-bond acceptors (Lipinski definition) is 2. The number of carbonyl (C=O) groups is 1. The van der Waals surface area contributed by atoms with E-state index in [2.05, 4.69) is 48.7 Å². The summed E-state index contributed by atoms with van der Waals surface area (Å²) in [6.07, 6.45) is 2.74. The quantitative estimate of drug-likeness (QED) is 0.820. The Morgan fingerprint density at radius 2 is 1.89 bits per heavy atom. The normalized spacial score (nSPS) is 14.7. The average Bonchev–Trinajstić information content (AvgIpc) is 2.79. The van der Waals surface area contributed by atoms with Crippen molar-refractivity contribution in [2.24, 2.45) is 5.92 Å². The summed E-state index contributed by atoms with van der Waals surface area (Å²) in [5, 5.41) is 6.43. The molecule has 1 aromatic carbocycles. The first-order valence-electron chi connectivity index (χ1n) is 7.22. The molecule has 0 heterocycles. The summed E-state index contributed by atoms with van der Waals surface area (Å²) in [6, 6.07) is 9.09. The fourth-order valence-electron chi connectivity index (χ4n) is 2.50. The Hall–Kier alpha value is -1.35. The van der Waals surface area contributed by atoms with Crippen molar-refractivity contribution in [3.05, 3.63) is 35.4 Å². The molecule has 0 saturated heterocycles. The van der Waals surface area contributed by atoms with Crippen molar-refractivity contribution in [1.29, 1.82) is 0 Å². The van der Waals surface area contributed by atoms with Gasteiger partial charge in [0.15, 0.2) is 0 Å². The molecular formula is C16H24N2O. The van der Waals surface area contributed by atoms with Crippen LogP contribution in [0.5, 0.6) is 0 Å². The molecule has 0 aromatic heterocycles. The van der Waals surface area contributed by atoms with E-state index in [1.807, 2.05) is 0 Å². The van der Waals surface area contributed by atoms with Gasteiger partial charge in [-0.1, -0.05) is 38.1 Å². The van der Waals surface area contributed by atoms with Gasteiger partial charge in [0, 0.05) is 25.6 Å². The van der Waals surface area contributed by atoms with Crippen molar-refractivity contribution in [1.82, 2.24) is 10.6 Å². The minimum absolute atomic E-state index is 0.150. The van der Waals surface area contributed by atoms with Crippen LogP contribution < -0.4 is 10.6 Å². The second-order valence-electron chi connectivity index (χ2n) is 5.78. The summed E-state index contributed by atoms with van der Waals surface area (Å²) in [5.74, 6) is 0.665. The van der Waals surface area contributed by atoms with E-state index in [9.17, 15) is 4.79 Å². The lowest BCUT2D eigenvalue weighted by Gasteiger charge is -2.12. The second-order valence-corrected chi connectivity index (χ2v) is 5.78. The molecule has 1 aliphatic rings. The number of nitrogens with one attached hydrogen (secondary N) is 2. The molecule has 0 spiro atoms. The topological polar surface area (TPSA) is 41.1 Å². The fourth-order valence-corrected chi connectivity index (χ4v) is 2.50. The largest absolute Gasteiger partial charge is 0.356 e. The average molecular weight is 260 g/mol. The smallest absolute Gasteiger partial charge is 0.221 e. The van der Waals surface area contributed by atoms with Crippen LogP contribution in [0.25, 0.3) is 0 Å². The zero-order valence-corrected chi connectivity index (χ0v) is 11.9. The highest BCUT2D eigenvalue weighted by atomic mass is 16.1. The molecule has 0 aliphatic heterocycles. The summed E-state index contributed by atoms with van der Waals surface area (Å²) < 4.78 is 0. The van der Waals surface area contributed by atoms with Gasteiger partial charge in [0.05, 0.1) is 0 Å². The third-order valence-electron chi connectivity index (χ3n) is 3.54. The first-order valence-corrected chi connectivity index (χ1v) is 7.22. The molecular weight excluding hydrogens is 236 g/mol. The van der Waals surface area contributed by atoms with Crippen molar-refractivity contribution in [3.8, 4) is 0 Å². The van der Waals surface area contributed by atoms with Gasteiger partial charge in [-0.25, -0.2) is 0 Å². The van der Waals surface area contributed by atoms with Crippen LogP contribution in [0.3, 0.4) is 0 Å². The van der Waals surface area contributed by atoms with Crippen molar-refractivity contribution in [2.75, 3.05) is 13.1 Å². The highest BCUT2D eigenvalue weighted by Crippen LogP contribution is 2.21. The molecule has 2 N–H and O–H groups in total. The maximum absolute atomic E-state index is 11.6. The monoisotopic (exact) mass is 260 g/mol. The zero-order valence-electron chi connectivity index (χ0n) is 11.9. The van der Waals surface area contributed by atoms with Gasteiger partial charge in [-0.2, -0.15) is 0 Å². The fraction of sp³-hybridized carbons (Fsp3) is 0.562. The molecule has 0 bridgehead atoms. The minimum atomic E-state index is 0.150. The summed E-state index contributed by atoms with van der Waals surface area (Å²) >= 11 is 0. The van der Waals surface area contributed by atoms with Crippen LogP contribution >= 0.6 is 0 Å². The number of carbonyl (C=O) groups excluding carboxylic acids is 1. The molecule has 1 amide bonds. The van der Waals surface area contributed by atoms with Crippen LogP contribution in [0.4, 0.5) is 0 Å². The third kappa shape index (κ3) is 4.35. The molecule has 3 nitrogen and oxygen atoms in total. The molecule has 1 aromatic rings. The van der Waals surface area contributed by atoms with Gasteiger partial charge in [-0.05, 0) is 29.9 Å². The molecule has 2 rings (SSSR count). The van der Waals surface area contributed by atoms with E-state index in [-0.39, 0.29) is 5.91 Å². The van der Waals surface area contributed by atoms with E-state index in [1.54, 1.807) is 0 Å². The molecule has 0 fully saturated rings. The van der Waals surface area contributed by atoms with Crippen molar-refractivity contribution >= 4 is 5.91 Å². The lowest BCUT2D eigenvalue weighted by atomic mass is 10.1.